The van der Waals surface area contributed by atoms with Gasteiger partial charge >= 0.3 is 24.3 Å². The predicted molar refractivity (Wildman–Crippen MR) is 236 cm³/mol. The van der Waals surface area contributed by atoms with Gasteiger partial charge in [-0.25, -0.2) is 9.98 Å². The van der Waals surface area contributed by atoms with Crippen LogP contribution in [0.25, 0.3) is 0 Å². The first kappa shape index (κ1) is 49.4. The highest BCUT2D eigenvalue weighted by Gasteiger charge is 2.35. The van der Waals surface area contributed by atoms with Crippen molar-refractivity contribution in [3.63, 3.8) is 0 Å². The van der Waals surface area contributed by atoms with Crippen LogP contribution in [-0.4, -0.2) is 81.8 Å². The number of hydrogen-bond acceptors (Lipinski definition) is 22. The van der Waals surface area contributed by atoms with Crippen molar-refractivity contribution < 1.29 is 78.9 Å². The molecule has 0 amide bonds. The van der Waals surface area contributed by atoms with Gasteiger partial charge in [0.15, 0.2) is 32.8 Å². The first-order valence-corrected chi connectivity index (χ1v) is 25.2. The number of fused-ring (bicyclic) bond motifs is 4. The second-order valence-corrected chi connectivity index (χ2v) is 20.5. The molecule has 0 spiro atoms. The van der Waals surface area contributed by atoms with Gasteiger partial charge < -0.3 is 30.7 Å². The molecule has 2 aromatic heterocycles. The molecule has 0 atom stereocenters. The second-order valence-electron chi connectivity index (χ2n) is 14.2. The number of nitrogens with one attached hydrogen (secondary N) is 4. The predicted octanol–water partition coefficient (Wildman–Crippen LogP) is 6.00. The molecule has 4 heterocycles. The molecule has 9 rings (SSSR count). The third kappa shape index (κ3) is 9.64. The molecule has 2 aliphatic rings. The molecule has 8 N–H and O–H groups in total. The number of rotatable bonds is 12. The lowest BCUT2D eigenvalue weighted by atomic mass is 10.1. The van der Waals surface area contributed by atoms with Gasteiger partial charge in [-0.3, -0.25) is 18.2 Å². The molecule has 0 saturated carbocycles. The summed E-state index contributed by atoms with van der Waals surface area (Å²) < 4.78 is 209. The Labute approximate surface area is 407 Å². The summed E-state index contributed by atoms with van der Waals surface area (Å²) in [5.41, 5.74) is -3.31. The van der Waals surface area contributed by atoms with E-state index in [0.717, 1.165) is 60.7 Å². The van der Waals surface area contributed by atoms with Crippen LogP contribution in [0.15, 0.2) is 90.2 Å². The maximum Gasteiger partial charge on any atom is 0.315 e. The van der Waals surface area contributed by atoms with E-state index in [1.54, 1.807) is 0 Å². The highest BCUT2D eigenvalue weighted by atomic mass is 35.5. The van der Waals surface area contributed by atoms with Crippen molar-refractivity contribution in [2.45, 2.75) is 19.6 Å². The van der Waals surface area contributed by atoms with E-state index < -0.39 is 152 Å². The SMILES string of the molecule is O=S(=O)(O)c1cc(Nc2ccc3c(c2S(=O)(=O)O)Oc2c(Cl)c4c(c(Cl)c2=N3)Oc2c(ccc(Nc3ccc(Nc5nc(F)nc(F)n5)c(S(=O)(=O)O)c3)c2S(=O)(=O)O)N=4)ccc1Nc1nc(F)nc(F)n1. The smallest absolute Gasteiger partial charge is 0.315 e. The Morgan fingerprint density at radius 2 is 0.764 bits per heavy atom. The minimum atomic E-state index is -5.36. The van der Waals surface area contributed by atoms with Gasteiger partial charge in [-0.2, -0.15) is 81.1 Å². The summed E-state index contributed by atoms with van der Waals surface area (Å²) in [5.74, 6) is -4.02. The minimum Gasteiger partial charge on any atom is -0.450 e. The summed E-state index contributed by atoms with van der Waals surface area (Å²) in [6.07, 6.45) is -6.30. The van der Waals surface area contributed by atoms with E-state index in [4.69, 9.17) is 32.7 Å². The topological polar surface area (TPSA) is 386 Å². The molecule has 26 nitrogen and oxygen atoms in total. The quantitative estimate of drug-likeness (QED) is 0.0514. The molecule has 0 saturated heterocycles. The molecule has 0 fully saturated rings. The van der Waals surface area contributed by atoms with Crippen molar-refractivity contribution in [3.05, 3.63) is 106 Å². The van der Waals surface area contributed by atoms with Crippen LogP contribution in [0.1, 0.15) is 0 Å². The lowest BCUT2D eigenvalue weighted by Crippen LogP contribution is -2.23. The minimum absolute atomic E-state index is 0.283. The Balaban J connectivity index is 1.08. The average Bonchev–Trinajstić information content (AvgIpc) is 3.26. The third-order valence-corrected chi connectivity index (χ3v) is 13.9. The molecule has 5 aromatic carbocycles. The fraction of sp³-hybridized carbons (Fsp3) is 0. The Hall–Kier alpha value is -7.54. The van der Waals surface area contributed by atoms with Crippen LogP contribution in [0, 0.1) is 24.3 Å². The molecule has 72 heavy (non-hydrogen) atoms. The summed E-state index contributed by atoms with van der Waals surface area (Å²) >= 11 is 13.5. The lowest BCUT2D eigenvalue weighted by molar-refractivity contribution is 0.428. The number of nitrogens with zero attached hydrogens (tertiary/aromatic N) is 8. The van der Waals surface area contributed by atoms with Gasteiger partial charge in [-0.05, 0) is 60.7 Å². The van der Waals surface area contributed by atoms with Crippen LogP contribution in [0.3, 0.4) is 0 Å². The highest BCUT2D eigenvalue weighted by Crippen LogP contribution is 2.50. The van der Waals surface area contributed by atoms with Crippen LogP contribution in [-0.2, 0) is 40.5 Å². The molecule has 2 aliphatic heterocycles. The van der Waals surface area contributed by atoms with Crippen molar-refractivity contribution in [1.82, 2.24) is 29.9 Å². The highest BCUT2D eigenvalue weighted by molar-refractivity contribution is 7.86. The Kier molecular flexibility index (Phi) is 12.1. The summed E-state index contributed by atoms with van der Waals surface area (Å²) in [7, 11) is -21.0. The van der Waals surface area contributed by atoms with Crippen molar-refractivity contribution in [2.24, 2.45) is 9.98 Å². The third-order valence-electron chi connectivity index (χ3n) is 9.55. The van der Waals surface area contributed by atoms with Crippen LogP contribution < -0.4 is 41.5 Å². The van der Waals surface area contributed by atoms with Gasteiger partial charge in [0.25, 0.3) is 40.5 Å². The number of anilines is 8. The molecule has 7 aromatic rings. The van der Waals surface area contributed by atoms with E-state index in [9.17, 15) is 69.4 Å². The maximum atomic E-state index is 13.6. The van der Waals surface area contributed by atoms with Crippen molar-refractivity contribution in [2.75, 3.05) is 21.3 Å². The summed E-state index contributed by atoms with van der Waals surface area (Å²) in [4.78, 5) is 22.9. The zero-order valence-electron chi connectivity index (χ0n) is 34.1. The first-order chi connectivity index (χ1) is 33.6. The Morgan fingerprint density at radius 3 is 1.08 bits per heavy atom. The molecular weight excluding hydrogens is 1100 g/mol. The number of aromatic nitrogens is 6. The zero-order chi connectivity index (χ0) is 52.0. The number of ether oxygens (including phenoxy) is 2. The zero-order valence-corrected chi connectivity index (χ0v) is 38.9. The summed E-state index contributed by atoms with van der Waals surface area (Å²) in [6.45, 7) is 0. The van der Waals surface area contributed by atoms with E-state index >= 15 is 0 Å². The normalized spacial score (nSPS) is 12.9. The van der Waals surface area contributed by atoms with Gasteiger partial charge in [0, 0.05) is 11.4 Å². The molecule has 0 bridgehead atoms. The fourth-order valence-corrected chi connectivity index (χ4v) is 10.2. The van der Waals surface area contributed by atoms with E-state index in [0.29, 0.717) is 0 Å². The van der Waals surface area contributed by atoms with E-state index in [1.165, 1.54) is 0 Å². The van der Waals surface area contributed by atoms with Gasteiger partial charge in [-0.1, -0.05) is 23.2 Å². The van der Waals surface area contributed by atoms with Gasteiger partial charge in [-0.15, -0.1) is 0 Å². The average molecular weight is 1120 g/mol. The van der Waals surface area contributed by atoms with E-state index in [1.807, 2.05) is 0 Å². The molecule has 0 radical (unpaired) electrons. The van der Waals surface area contributed by atoms with Crippen LogP contribution >= 0.6 is 23.2 Å². The van der Waals surface area contributed by atoms with E-state index in [2.05, 4.69) is 61.2 Å². The molecule has 372 valence electrons. The van der Waals surface area contributed by atoms with Crippen LogP contribution in [0.4, 0.5) is 75.0 Å². The second kappa shape index (κ2) is 17.6. The first-order valence-electron chi connectivity index (χ1n) is 18.7. The van der Waals surface area contributed by atoms with Crippen molar-refractivity contribution >= 4 is 121 Å². The standard InChI is InChI=1S/C36H18Cl2F4N12O14S4/c37-21-24-28(68-26-16(46-24)6-8-18(30(26)72(64,65)66)44-12-2-4-14(20(10-12)70(58,59)60)48-36-53-33(41)50-34(42)54-36)22(38)23-27(21)67-25-15(45-23)5-7-17(29(25)71(61,62)63)43-11-1-3-13(19(9-11)69(55,56)57)47-35-51-31(39)49-32(40)52-35/h1-10,43-44H,(H,55,56,57)(H,58,59,60)(H,61,62,63)(H,64,65,66)(H,47,49,51,52)(H,48,50,53,54). The molecular formula is C36H18Cl2F4N12O14S4. The number of halogens is 6. The van der Waals surface area contributed by atoms with Crippen LogP contribution in [0.2, 0.25) is 10.0 Å². The maximum absolute atomic E-state index is 13.6. The number of benzene rings is 5. The van der Waals surface area contributed by atoms with Gasteiger partial charge in [0.1, 0.15) is 41.9 Å². The van der Waals surface area contributed by atoms with Gasteiger partial charge in [0.2, 0.25) is 11.9 Å². The summed E-state index contributed by atoms with van der Waals surface area (Å²) in [6, 6.07) is 9.92. The molecule has 0 aliphatic carbocycles. The van der Waals surface area contributed by atoms with Crippen molar-refractivity contribution in [1.29, 1.82) is 0 Å². The Morgan fingerprint density at radius 1 is 0.431 bits per heavy atom. The fourth-order valence-electron chi connectivity index (χ4n) is 6.79. The molecule has 36 heteroatoms. The molecule has 0 unspecified atom stereocenters. The Bertz CT molecular complexity index is 3870. The lowest BCUT2D eigenvalue weighted by Gasteiger charge is -2.24. The number of hydrogen-bond donors (Lipinski definition) is 8. The summed E-state index contributed by atoms with van der Waals surface area (Å²) in [5, 5.41) is 7.74. The van der Waals surface area contributed by atoms with Gasteiger partial charge in [0.05, 0.1) is 22.7 Å². The largest absolute Gasteiger partial charge is 0.450 e. The monoisotopic (exact) mass is 1120 g/mol. The van der Waals surface area contributed by atoms with Crippen LogP contribution in [0.5, 0.6) is 23.0 Å². The van der Waals surface area contributed by atoms with Crippen molar-refractivity contribution in [3.8, 4) is 23.0 Å². The van der Waals surface area contributed by atoms with E-state index in [-0.39, 0.29) is 33.5 Å².